The Morgan fingerprint density at radius 1 is 0.962 bits per heavy atom. The second kappa shape index (κ2) is 9.22. The van der Waals surface area contributed by atoms with Gasteiger partial charge in [0.05, 0.1) is 7.11 Å². The lowest BCUT2D eigenvalue weighted by molar-refractivity contribution is 0.280. The summed E-state index contributed by atoms with van der Waals surface area (Å²) in [5.41, 5.74) is 3.24. The first-order valence-electron chi connectivity index (χ1n) is 8.39. The first-order chi connectivity index (χ1) is 12.8. The first-order valence-corrected chi connectivity index (χ1v) is 8.77. The zero-order valence-electron chi connectivity index (χ0n) is 14.6. The molecule has 0 amide bonds. The summed E-state index contributed by atoms with van der Waals surface area (Å²) < 4.78 is 11.5. The number of aromatic nitrogens is 1. The first kappa shape index (κ1) is 18.2. The van der Waals surface area contributed by atoms with E-state index in [-0.39, 0.29) is 0 Å². The highest BCUT2D eigenvalue weighted by Crippen LogP contribution is 2.32. The second-order valence-electron chi connectivity index (χ2n) is 5.83. The van der Waals surface area contributed by atoms with Crippen LogP contribution in [0.15, 0.2) is 67.0 Å². The van der Waals surface area contributed by atoms with Gasteiger partial charge < -0.3 is 14.8 Å². The number of hydrogen-bond acceptors (Lipinski definition) is 4. The van der Waals surface area contributed by atoms with Gasteiger partial charge in [0.25, 0.3) is 0 Å². The maximum atomic E-state index is 6.07. The van der Waals surface area contributed by atoms with Gasteiger partial charge in [-0.2, -0.15) is 0 Å². The third-order valence-corrected chi connectivity index (χ3v) is 4.18. The van der Waals surface area contributed by atoms with Crippen LogP contribution in [-0.2, 0) is 19.7 Å². The van der Waals surface area contributed by atoms with Crippen molar-refractivity contribution < 1.29 is 9.47 Å². The Labute approximate surface area is 158 Å². The SMILES string of the molecule is COc1cccc(CNCc2ccncc2)c1OCc1cccc(Cl)c1. The summed E-state index contributed by atoms with van der Waals surface area (Å²) in [6.45, 7) is 1.86. The van der Waals surface area contributed by atoms with Crippen molar-refractivity contribution in [1.82, 2.24) is 10.3 Å². The zero-order valence-corrected chi connectivity index (χ0v) is 15.4. The Kier molecular flexibility index (Phi) is 6.47. The molecular formula is C21H21ClN2O2. The van der Waals surface area contributed by atoms with Crippen LogP contribution in [0.3, 0.4) is 0 Å². The molecule has 0 radical (unpaired) electrons. The van der Waals surface area contributed by atoms with Crippen molar-refractivity contribution in [3.05, 3.63) is 88.7 Å². The lowest BCUT2D eigenvalue weighted by Gasteiger charge is -2.16. The quantitative estimate of drug-likeness (QED) is 0.630. The van der Waals surface area contributed by atoms with Crippen LogP contribution in [0.5, 0.6) is 11.5 Å². The highest BCUT2D eigenvalue weighted by molar-refractivity contribution is 6.30. The van der Waals surface area contributed by atoms with Gasteiger partial charge in [-0.15, -0.1) is 0 Å². The Balaban J connectivity index is 1.69. The molecular weight excluding hydrogens is 348 g/mol. The van der Waals surface area contributed by atoms with Crippen molar-refractivity contribution in [2.45, 2.75) is 19.7 Å². The molecule has 0 spiro atoms. The van der Waals surface area contributed by atoms with Gasteiger partial charge in [0.2, 0.25) is 0 Å². The van der Waals surface area contributed by atoms with Gasteiger partial charge >= 0.3 is 0 Å². The molecule has 1 aromatic heterocycles. The van der Waals surface area contributed by atoms with E-state index < -0.39 is 0 Å². The van der Waals surface area contributed by atoms with Crippen LogP contribution in [0.1, 0.15) is 16.7 Å². The van der Waals surface area contributed by atoms with Crippen LogP contribution < -0.4 is 14.8 Å². The molecule has 3 rings (SSSR count). The molecule has 0 aliphatic heterocycles. The van der Waals surface area contributed by atoms with E-state index in [0.717, 1.165) is 29.2 Å². The smallest absolute Gasteiger partial charge is 0.166 e. The summed E-state index contributed by atoms with van der Waals surface area (Å²) in [5, 5.41) is 4.13. The largest absolute Gasteiger partial charge is 0.493 e. The average Bonchev–Trinajstić information content (AvgIpc) is 2.67. The minimum Gasteiger partial charge on any atom is -0.493 e. The van der Waals surface area contributed by atoms with Crippen molar-refractivity contribution >= 4 is 11.6 Å². The molecule has 2 aromatic carbocycles. The molecule has 1 N–H and O–H groups in total. The molecule has 0 saturated heterocycles. The van der Waals surface area contributed by atoms with Crippen LogP contribution in [0.25, 0.3) is 0 Å². The predicted octanol–water partition coefficient (Wildman–Crippen LogP) is 4.61. The maximum Gasteiger partial charge on any atom is 0.166 e. The number of rotatable bonds is 8. The van der Waals surface area contributed by atoms with E-state index in [1.807, 2.05) is 54.6 Å². The molecule has 0 fully saturated rings. The van der Waals surface area contributed by atoms with Crippen molar-refractivity contribution in [1.29, 1.82) is 0 Å². The van der Waals surface area contributed by atoms with E-state index >= 15 is 0 Å². The maximum absolute atomic E-state index is 6.07. The van der Waals surface area contributed by atoms with Gasteiger partial charge in [-0.05, 0) is 41.5 Å². The molecule has 0 saturated carbocycles. The fraction of sp³-hybridized carbons (Fsp3) is 0.190. The van der Waals surface area contributed by atoms with Crippen LogP contribution >= 0.6 is 11.6 Å². The van der Waals surface area contributed by atoms with Gasteiger partial charge in [0, 0.05) is 36.1 Å². The van der Waals surface area contributed by atoms with E-state index in [9.17, 15) is 0 Å². The Morgan fingerprint density at radius 3 is 2.54 bits per heavy atom. The molecule has 3 aromatic rings. The third-order valence-electron chi connectivity index (χ3n) is 3.95. The minimum absolute atomic E-state index is 0.429. The van der Waals surface area contributed by atoms with E-state index in [0.29, 0.717) is 18.2 Å². The number of para-hydroxylation sites is 1. The van der Waals surface area contributed by atoms with Crippen molar-refractivity contribution in [3.8, 4) is 11.5 Å². The zero-order chi connectivity index (χ0) is 18.2. The summed E-state index contributed by atoms with van der Waals surface area (Å²) in [7, 11) is 1.65. The van der Waals surface area contributed by atoms with Gasteiger partial charge in [0.15, 0.2) is 11.5 Å². The summed E-state index contributed by atoms with van der Waals surface area (Å²) in [4.78, 5) is 4.03. The predicted molar refractivity (Wildman–Crippen MR) is 104 cm³/mol. The van der Waals surface area contributed by atoms with Gasteiger partial charge in [-0.25, -0.2) is 0 Å². The summed E-state index contributed by atoms with van der Waals surface area (Å²) in [6.07, 6.45) is 3.59. The van der Waals surface area contributed by atoms with Gasteiger partial charge in [-0.3, -0.25) is 4.98 Å². The number of hydrogen-bond donors (Lipinski definition) is 1. The van der Waals surface area contributed by atoms with E-state index in [2.05, 4.69) is 10.3 Å². The van der Waals surface area contributed by atoms with Crippen molar-refractivity contribution in [3.63, 3.8) is 0 Å². The number of nitrogens with zero attached hydrogens (tertiary/aromatic N) is 1. The Hall–Kier alpha value is -2.56. The number of methoxy groups -OCH3 is 1. The summed E-state index contributed by atoms with van der Waals surface area (Å²) >= 11 is 6.05. The van der Waals surface area contributed by atoms with E-state index in [1.165, 1.54) is 5.56 Å². The van der Waals surface area contributed by atoms with E-state index in [1.54, 1.807) is 19.5 Å². The number of halogens is 1. The van der Waals surface area contributed by atoms with Crippen molar-refractivity contribution in [2.75, 3.05) is 7.11 Å². The number of nitrogens with one attached hydrogen (secondary N) is 1. The topological polar surface area (TPSA) is 43.4 Å². The van der Waals surface area contributed by atoms with Gasteiger partial charge in [0.1, 0.15) is 6.61 Å². The molecule has 1 heterocycles. The molecule has 0 atom stereocenters. The lowest BCUT2D eigenvalue weighted by Crippen LogP contribution is -2.14. The molecule has 0 bridgehead atoms. The molecule has 0 aliphatic rings. The Bertz CT molecular complexity index is 840. The molecule has 4 nitrogen and oxygen atoms in total. The molecule has 26 heavy (non-hydrogen) atoms. The monoisotopic (exact) mass is 368 g/mol. The Morgan fingerprint density at radius 2 is 1.77 bits per heavy atom. The van der Waals surface area contributed by atoms with Crippen LogP contribution in [0, 0.1) is 0 Å². The second-order valence-corrected chi connectivity index (χ2v) is 6.26. The fourth-order valence-corrected chi connectivity index (χ4v) is 2.86. The molecule has 134 valence electrons. The normalized spacial score (nSPS) is 10.5. The summed E-state index contributed by atoms with van der Waals surface area (Å²) in [6, 6.07) is 17.6. The van der Waals surface area contributed by atoms with E-state index in [4.69, 9.17) is 21.1 Å². The van der Waals surface area contributed by atoms with Crippen molar-refractivity contribution in [2.24, 2.45) is 0 Å². The molecule has 0 unspecified atom stereocenters. The van der Waals surface area contributed by atoms with Crippen LogP contribution in [0.4, 0.5) is 0 Å². The minimum atomic E-state index is 0.429. The third kappa shape index (κ3) is 4.97. The van der Waals surface area contributed by atoms with Crippen LogP contribution in [-0.4, -0.2) is 12.1 Å². The molecule has 5 heteroatoms. The fourth-order valence-electron chi connectivity index (χ4n) is 2.65. The number of pyridine rings is 1. The highest BCUT2D eigenvalue weighted by Gasteiger charge is 2.11. The standard InChI is InChI=1S/C21H21ClN2O2/c1-25-20-7-3-5-18(14-24-13-16-8-10-23-11-9-16)21(20)26-15-17-4-2-6-19(22)12-17/h2-12,24H,13-15H2,1H3. The average molecular weight is 369 g/mol. The van der Waals surface area contributed by atoms with Gasteiger partial charge in [-0.1, -0.05) is 35.9 Å². The lowest BCUT2D eigenvalue weighted by atomic mass is 10.1. The summed E-state index contributed by atoms with van der Waals surface area (Å²) in [5.74, 6) is 1.47. The number of ether oxygens (including phenoxy) is 2. The number of benzene rings is 2. The molecule has 0 aliphatic carbocycles. The van der Waals surface area contributed by atoms with Crippen LogP contribution in [0.2, 0.25) is 5.02 Å². The highest BCUT2D eigenvalue weighted by atomic mass is 35.5.